The molecule has 4 nitrogen and oxygen atoms in total. The number of nitrogens with one attached hydrogen (secondary N) is 1. The number of hydrogen-bond donors (Lipinski definition) is 1. The lowest BCUT2D eigenvalue weighted by atomic mass is 10.2. The van der Waals surface area contributed by atoms with Crippen molar-refractivity contribution in [1.82, 2.24) is 19.7 Å². The topological polar surface area (TPSA) is 46.5 Å². The summed E-state index contributed by atoms with van der Waals surface area (Å²) in [5.41, 5.74) is 3.09. The highest BCUT2D eigenvalue weighted by atomic mass is 32.1. The molecular formula is C14H12N4S. The van der Waals surface area contributed by atoms with Crippen LogP contribution in [0.3, 0.4) is 0 Å². The van der Waals surface area contributed by atoms with Crippen molar-refractivity contribution in [3.05, 3.63) is 59.3 Å². The fourth-order valence-electron chi connectivity index (χ4n) is 1.91. The van der Waals surface area contributed by atoms with E-state index in [4.69, 9.17) is 12.2 Å². The minimum Gasteiger partial charge on any atom is -0.298 e. The van der Waals surface area contributed by atoms with Gasteiger partial charge in [0.2, 0.25) is 0 Å². The number of aromatic amines is 1. The molecule has 0 aromatic carbocycles. The number of rotatable bonds is 2. The molecule has 0 unspecified atom stereocenters. The Bertz CT molecular complexity index is 758. The number of hydrogen-bond acceptors (Lipinski definition) is 3. The molecule has 0 spiro atoms. The first-order valence-electron chi connectivity index (χ1n) is 5.89. The predicted octanol–water partition coefficient (Wildman–Crippen LogP) is 3.30. The number of nitrogens with zero attached hydrogens (tertiary/aromatic N) is 3. The third kappa shape index (κ3) is 2.20. The van der Waals surface area contributed by atoms with Crippen LogP contribution in [0.4, 0.5) is 0 Å². The van der Waals surface area contributed by atoms with Gasteiger partial charge in [0.05, 0.1) is 0 Å². The molecule has 0 aliphatic carbocycles. The minimum atomic E-state index is 0.700. The van der Waals surface area contributed by atoms with Crippen molar-refractivity contribution in [2.75, 3.05) is 0 Å². The summed E-state index contributed by atoms with van der Waals surface area (Å²) in [5.74, 6) is 0.792. The van der Waals surface area contributed by atoms with Crippen molar-refractivity contribution in [3.8, 4) is 16.9 Å². The molecule has 0 saturated carbocycles. The molecule has 3 heterocycles. The van der Waals surface area contributed by atoms with Gasteiger partial charge in [-0.1, -0.05) is 18.3 Å². The van der Waals surface area contributed by atoms with E-state index in [1.54, 1.807) is 23.3 Å². The van der Waals surface area contributed by atoms with Crippen LogP contribution in [-0.2, 0) is 0 Å². The highest BCUT2D eigenvalue weighted by molar-refractivity contribution is 7.71. The molecule has 3 aromatic heterocycles. The van der Waals surface area contributed by atoms with Gasteiger partial charge in [-0.25, -0.2) is 9.67 Å². The quantitative estimate of drug-likeness (QED) is 0.725. The van der Waals surface area contributed by atoms with Crippen molar-refractivity contribution >= 4 is 12.2 Å². The van der Waals surface area contributed by atoms with E-state index in [1.807, 2.05) is 37.4 Å². The van der Waals surface area contributed by atoms with Crippen molar-refractivity contribution in [2.45, 2.75) is 6.92 Å². The van der Waals surface area contributed by atoms with E-state index in [0.29, 0.717) is 4.64 Å². The lowest BCUT2D eigenvalue weighted by Gasteiger charge is -2.02. The highest BCUT2D eigenvalue weighted by Gasteiger charge is 2.07. The van der Waals surface area contributed by atoms with Gasteiger partial charge >= 0.3 is 0 Å². The van der Waals surface area contributed by atoms with E-state index in [9.17, 15) is 0 Å². The first-order valence-corrected chi connectivity index (χ1v) is 6.30. The summed E-state index contributed by atoms with van der Waals surface area (Å²) in [6.07, 6.45) is 7.20. The van der Waals surface area contributed by atoms with Gasteiger partial charge < -0.3 is 0 Å². The van der Waals surface area contributed by atoms with Gasteiger partial charge in [0.1, 0.15) is 4.64 Å². The van der Waals surface area contributed by atoms with Crippen LogP contribution in [-0.4, -0.2) is 19.7 Å². The van der Waals surface area contributed by atoms with Crippen molar-refractivity contribution in [2.24, 2.45) is 0 Å². The van der Waals surface area contributed by atoms with Crippen LogP contribution in [0.15, 0.2) is 49.1 Å². The number of H-pyrrole nitrogens is 1. The largest absolute Gasteiger partial charge is 0.298 e. The molecule has 0 saturated heterocycles. The Kier molecular flexibility index (Phi) is 2.97. The molecule has 5 heteroatoms. The summed E-state index contributed by atoms with van der Waals surface area (Å²) in [6, 6.07) is 7.82. The lowest BCUT2D eigenvalue weighted by molar-refractivity contribution is 0.835. The molecule has 0 aliphatic rings. The summed E-state index contributed by atoms with van der Waals surface area (Å²) >= 11 is 5.50. The van der Waals surface area contributed by atoms with Crippen LogP contribution in [0.1, 0.15) is 5.56 Å². The summed E-state index contributed by atoms with van der Waals surface area (Å²) in [6.45, 7) is 2.03. The Morgan fingerprint density at radius 2 is 2.16 bits per heavy atom. The van der Waals surface area contributed by atoms with Crippen LogP contribution in [0.5, 0.6) is 0 Å². The van der Waals surface area contributed by atoms with Gasteiger partial charge in [0.25, 0.3) is 0 Å². The molecule has 3 rings (SSSR count). The fourth-order valence-corrected chi connectivity index (χ4v) is 2.23. The van der Waals surface area contributed by atoms with Crippen LogP contribution in [0, 0.1) is 11.6 Å². The molecule has 0 amide bonds. The molecule has 0 fully saturated rings. The summed E-state index contributed by atoms with van der Waals surface area (Å²) < 4.78 is 2.50. The summed E-state index contributed by atoms with van der Waals surface area (Å²) in [4.78, 5) is 8.44. The van der Waals surface area contributed by atoms with Crippen molar-refractivity contribution in [1.29, 1.82) is 0 Å². The monoisotopic (exact) mass is 268 g/mol. The molecule has 0 bridgehead atoms. The number of aromatic nitrogens is 4. The zero-order valence-electron chi connectivity index (χ0n) is 10.4. The third-order valence-electron chi connectivity index (χ3n) is 2.87. The average Bonchev–Trinajstić information content (AvgIpc) is 2.81. The standard InChI is InChI=1S/C14H12N4S/c1-10-4-6-16-13(7-10)18-14(19)12(9-17-18)11-3-2-5-15-8-11/h2-9,17H,1H3. The maximum atomic E-state index is 5.50. The smallest absolute Gasteiger partial charge is 0.152 e. The second kappa shape index (κ2) is 4.78. The summed E-state index contributed by atoms with van der Waals surface area (Å²) in [5, 5.41) is 3.14. The van der Waals surface area contributed by atoms with E-state index in [0.717, 1.165) is 22.5 Å². The Balaban J connectivity index is 2.12. The maximum Gasteiger partial charge on any atom is 0.152 e. The van der Waals surface area contributed by atoms with Gasteiger partial charge in [-0.15, -0.1) is 0 Å². The van der Waals surface area contributed by atoms with Gasteiger partial charge in [-0.3, -0.25) is 10.1 Å². The Morgan fingerprint density at radius 3 is 2.89 bits per heavy atom. The molecule has 0 radical (unpaired) electrons. The van der Waals surface area contributed by atoms with E-state index < -0.39 is 0 Å². The Morgan fingerprint density at radius 1 is 1.26 bits per heavy atom. The number of aryl methyl sites for hydroxylation is 1. The van der Waals surface area contributed by atoms with Crippen LogP contribution >= 0.6 is 12.2 Å². The Hall–Kier alpha value is -2.27. The molecule has 94 valence electrons. The SMILES string of the molecule is Cc1ccnc(-n2[nH]cc(-c3cccnc3)c2=S)c1. The third-order valence-corrected chi connectivity index (χ3v) is 3.28. The molecular weight excluding hydrogens is 256 g/mol. The molecule has 19 heavy (non-hydrogen) atoms. The molecule has 0 aliphatic heterocycles. The van der Waals surface area contributed by atoms with E-state index in [-0.39, 0.29) is 0 Å². The van der Waals surface area contributed by atoms with Gasteiger partial charge in [0, 0.05) is 35.9 Å². The zero-order chi connectivity index (χ0) is 13.2. The highest BCUT2D eigenvalue weighted by Crippen LogP contribution is 2.20. The maximum absolute atomic E-state index is 5.50. The number of pyridine rings is 2. The second-order valence-corrected chi connectivity index (χ2v) is 4.65. The summed E-state index contributed by atoms with van der Waals surface area (Å²) in [7, 11) is 0. The fraction of sp³-hybridized carbons (Fsp3) is 0.0714. The zero-order valence-corrected chi connectivity index (χ0v) is 11.2. The van der Waals surface area contributed by atoms with E-state index in [1.165, 1.54) is 0 Å². The second-order valence-electron chi connectivity index (χ2n) is 4.26. The van der Waals surface area contributed by atoms with Gasteiger partial charge in [0.15, 0.2) is 5.82 Å². The first kappa shape index (κ1) is 11.8. The van der Waals surface area contributed by atoms with Gasteiger partial charge in [-0.05, 0) is 30.7 Å². The molecule has 1 N–H and O–H groups in total. The van der Waals surface area contributed by atoms with Crippen LogP contribution in [0.2, 0.25) is 0 Å². The lowest BCUT2D eigenvalue weighted by Crippen LogP contribution is -1.99. The predicted molar refractivity (Wildman–Crippen MR) is 76.7 cm³/mol. The van der Waals surface area contributed by atoms with E-state index >= 15 is 0 Å². The van der Waals surface area contributed by atoms with Crippen molar-refractivity contribution in [3.63, 3.8) is 0 Å². The Labute approximate surface area is 115 Å². The molecule has 0 atom stereocenters. The molecule has 3 aromatic rings. The first-order chi connectivity index (χ1) is 9.25. The average molecular weight is 268 g/mol. The normalized spacial score (nSPS) is 10.6. The van der Waals surface area contributed by atoms with E-state index in [2.05, 4.69) is 15.1 Å². The van der Waals surface area contributed by atoms with Crippen molar-refractivity contribution < 1.29 is 0 Å². The minimum absolute atomic E-state index is 0.700. The van der Waals surface area contributed by atoms with Gasteiger partial charge in [-0.2, -0.15) is 0 Å². The van der Waals surface area contributed by atoms with Crippen LogP contribution in [0.25, 0.3) is 16.9 Å². The van der Waals surface area contributed by atoms with Crippen LogP contribution < -0.4 is 0 Å².